The largest absolute Gasteiger partial charge is 0.378 e. The summed E-state index contributed by atoms with van der Waals surface area (Å²) in [6, 6.07) is 8.23. The SMILES string of the molecule is CN(C)c1cccc(C2(N=C=O)CCC2)c1. The molecule has 0 unspecified atom stereocenters. The molecule has 1 aliphatic rings. The van der Waals surface area contributed by atoms with Crippen molar-refractivity contribution in [1.29, 1.82) is 0 Å². The summed E-state index contributed by atoms with van der Waals surface area (Å²) in [4.78, 5) is 16.6. The molecule has 2 rings (SSSR count). The molecular formula is C13H16N2O. The van der Waals surface area contributed by atoms with Gasteiger partial charge in [0.05, 0.1) is 5.54 Å². The first-order chi connectivity index (χ1) is 7.68. The molecule has 3 nitrogen and oxygen atoms in total. The number of nitrogens with zero attached hydrogens (tertiary/aromatic N) is 2. The lowest BCUT2D eigenvalue weighted by Crippen LogP contribution is -2.32. The summed E-state index contributed by atoms with van der Waals surface area (Å²) in [6.45, 7) is 0. The normalized spacial score (nSPS) is 17.1. The second-order valence-corrected chi connectivity index (χ2v) is 4.53. The Balaban J connectivity index is 2.39. The molecule has 84 valence electrons. The van der Waals surface area contributed by atoms with Gasteiger partial charge in [-0.05, 0) is 37.0 Å². The van der Waals surface area contributed by atoms with Crippen LogP contribution in [-0.4, -0.2) is 20.2 Å². The Morgan fingerprint density at radius 3 is 2.62 bits per heavy atom. The zero-order valence-corrected chi connectivity index (χ0v) is 9.73. The number of isocyanates is 1. The summed E-state index contributed by atoms with van der Waals surface area (Å²) in [6.07, 6.45) is 4.77. The number of hydrogen-bond acceptors (Lipinski definition) is 3. The number of hydrogen-bond donors (Lipinski definition) is 0. The van der Waals surface area contributed by atoms with Gasteiger partial charge in [0.2, 0.25) is 6.08 Å². The van der Waals surface area contributed by atoms with Crippen molar-refractivity contribution < 1.29 is 4.79 Å². The molecule has 1 aromatic rings. The third-order valence-electron chi connectivity index (χ3n) is 3.34. The monoisotopic (exact) mass is 216 g/mol. The molecule has 1 aromatic carbocycles. The minimum absolute atomic E-state index is 0.284. The van der Waals surface area contributed by atoms with E-state index >= 15 is 0 Å². The second kappa shape index (κ2) is 4.11. The molecule has 1 saturated carbocycles. The van der Waals surface area contributed by atoms with Crippen LogP contribution in [0.2, 0.25) is 0 Å². The molecule has 0 heterocycles. The van der Waals surface area contributed by atoms with Crippen LogP contribution in [0.4, 0.5) is 5.69 Å². The van der Waals surface area contributed by atoms with Crippen LogP contribution in [0.1, 0.15) is 24.8 Å². The maximum atomic E-state index is 10.5. The lowest BCUT2D eigenvalue weighted by atomic mass is 9.72. The highest BCUT2D eigenvalue weighted by molar-refractivity contribution is 5.50. The third-order valence-corrected chi connectivity index (χ3v) is 3.34. The first-order valence-corrected chi connectivity index (χ1v) is 5.55. The predicted molar refractivity (Wildman–Crippen MR) is 64.4 cm³/mol. The molecule has 0 N–H and O–H groups in total. The molecule has 0 amide bonds. The van der Waals surface area contributed by atoms with E-state index in [1.165, 1.54) is 0 Å². The maximum absolute atomic E-state index is 10.5. The number of rotatable bonds is 3. The van der Waals surface area contributed by atoms with Crippen molar-refractivity contribution in [3.8, 4) is 0 Å². The Hall–Kier alpha value is -1.60. The van der Waals surface area contributed by atoms with Gasteiger partial charge in [0.15, 0.2) is 0 Å². The number of anilines is 1. The smallest absolute Gasteiger partial charge is 0.235 e. The average Bonchev–Trinajstić information content (AvgIpc) is 2.23. The minimum Gasteiger partial charge on any atom is -0.378 e. The quantitative estimate of drug-likeness (QED) is 0.574. The molecule has 0 bridgehead atoms. The fourth-order valence-electron chi connectivity index (χ4n) is 2.14. The lowest BCUT2D eigenvalue weighted by Gasteiger charge is -2.37. The maximum Gasteiger partial charge on any atom is 0.235 e. The van der Waals surface area contributed by atoms with Crippen LogP contribution in [0.5, 0.6) is 0 Å². The fraction of sp³-hybridized carbons (Fsp3) is 0.462. The van der Waals surface area contributed by atoms with Gasteiger partial charge in [-0.3, -0.25) is 0 Å². The third kappa shape index (κ3) is 1.74. The molecule has 16 heavy (non-hydrogen) atoms. The van der Waals surface area contributed by atoms with Crippen molar-refractivity contribution in [2.24, 2.45) is 4.99 Å². The first kappa shape index (κ1) is 10.9. The van der Waals surface area contributed by atoms with Crippen molar-refractivity contribution in [1.82, 2.24) is 0 Å². The molecular weight excluding hydrogens is 200 g/mol. The van der Waals surface area contributed by atoms with Gasteiger partial charge in [0.1, 0.15) is 0 Å². The van der Waals surface area contributed by atoms with Crippen LogP contribution in [0, 0.1) is 0 Å². The van der Waals surface area contributed by atoms with Crippen LogP contribution >= 0.6 is 0 Å². The van der Waals surface area contributed by atoms with E-state index in [4.69, 9.17) is 0 Å². The van der Waals surface area contributed by atoms with Crippen molar-refractivity contribution in [2.75, 3.05) is 19.0 Å². The zero-order chi connectivity index (χ0) is 11.6. The number of aliphatic imine (C=N–C) groups is 1. The molecule has 0 radical (unpaired) electrons. The molecule has 1 aliphatic carbocycles. The summed E-state index contributed by atoms with van der Waals surface area (Å²) in [5, 5.41) is 0. The second-order valence-electron chi connectivity index (χ2n) is 4.53. The Labute approximate surface area is 95.8 Å². The van der Waals surface area contributed by atoms with Crippen molar-refractivity contribution in [2.45, 2.75) is 24.8 Å². The van der Waals surface area contributed by atoms with Gasteiger partial charge in [-0.25, -0.2) is 4.79 Å². The van der Waals surface area contributed by atoms with Crippen LogP contribution in [0.3, 0.4) is 0 Å². The molecule has 3 heteroatoms. The average molecular weight is 216 g/mol. The summed E-state index contributed by atoms with van der Waals surface area (Å²) < 4.78 is 0. The minimum atomic E-state index is -0.284. The number of carbonyl (C=O) groups excluding carboxylic acids is 1. The zero-order valence-electron chi connectivity index (χ0n) is 9.73. The van der Waals surface area contributed by atoms with E-state index < -0.39 is 0 Å². The summed E-state index contributed by atoms with van der Waals surface area (Å²) in [7, 11) is 4.02. The molecule has 0 aliphatic heterocycles. The van der Waals surface area contributed by atoms with Crippen LogP contribution in [0.25, 0.3) is 0 Å². The van der Waals surface area contributed by atoms with E-state index in [0.717, 1.165) is 30.5 Å². The highest BCUT2D eigenvalue weighted by atomic mass is 16.1. The fourth-order valence-corrected chi connectivity index (χ4v) is 2.14. The van der Waals surface area contributed by atoms with Crippen LogP contribution < -0.4 is 4.90 Å². The molecule has 0 spiro atoms. The van der Waals surface area contributed by atoms with E-state index in [1.54, 1.807) is 6.08 Å². The van der Waals surface area contributed by atoms with Gasteiger partial charge >= 0.3 is 0 Å². The van der Waals surface area contributed by atoms with Gasteiger partial charge in [-0.1, -0.05) is 12.1 Å². The Morgan fingerprint density at radius 1 is 1.38 bits per heavy atom. The summed E-state index contributed by atoms with van der Waals surface area (Å²) >= 11 is 0. The molecule has 1 fully saturated rings. The molecule has 0 aromatic heterocycles. The molecule has 0 saturated heterocycles. The Bertz CT molecular complexity index is 429. The van der Waals surface area contributed by atoms with Crippen molar-refractivity contribution in [3.63, 3.8) is 0 Å². The Kier molecular flexibility index (Phi) is 2.80. The lowest BCUT2D eigenvalue weighted by molar-refractivity contribution is 0.256. The van der Waals surface area contributed by atoms with Crippen molar-refractivity contribution in [3.05, 3.63) is 29.8 Å². The summed E-state index contributed by atoms with van der Waals surface area (Å²) in [5.74, 6) is 0. The number of benzene rings is 1. The highest BCUT2D eigenvalue weighted by Crippen LogP contribution is 2.45. The van der Waals surface area contributed by atoms with Gasteiger partial charge in [-0.2, -0.15) is 4.99 Å². The van der Waals surface area contributed by atoms with E-state index in [-0.39, 0.29) is 5.54 Å². The van der Waals surface area contributed by atoms with Gasteiger partial charge < -0.3 is 4.90 Å². The van der Waals surface area contributed by atoms with Crippen LogP contribution in [0.15, 0.2) is 29.3 Å². The van der Waals surface area contributed by atoms with E-state index in [2.05, 4.69) is 22.0 Å². The first-order valence-electron chi connectivity index (χ1n) is 5.55. The topological polar surface area (TPSA) is 32.7 Å². The van der Waals surface area contributed by atoms with Gasteiger partial charge in [0.25, 0.3) is 0 Å². The van der Waals surface area contributed by atoms with Crippen molar-refractivity contribution >= 4 is 11.8 Å². The van der Waals surface area contributed by atoms with Crippen LogP contribution in [-0.2, 0) is 10.3 Å². The standard InChI is InChI=1S/C13H16N2O/c1-15(2)12-6-3-5-11(9-12)13(14-10-16)7-4-8-13/h3,5-6,9H,4,7-8H2,1-2H3. The van der Waals surface area contributed by atoms with E-state index in [1.807, 2.05) is 26.2 Å². The highest BCUT2D eigenvalue weighted by Gasteiger charge is 2.38. The van der Waals surface area contributed by atoms with E-state index in [0.29, 0.717) is 0 Å². The molecule has 0 atom stereocenters. The predicted octanol–water partition coefficient (Wildman–Crippen LogP) is 2.47. The van der Waals surface area contributed by atoms with Gasteiger partial charge in [0, 0.05) is 19.8 Å². The van der Waals surface area contributed by atoms with E-state index in [9.17, 15) is 4.79 Å². The Morgan fingerprint density at radius 2 is 2.12 bits per heavy atom. The summed E-state index contributed by atoms with van der Waals surface area (Å²) in [5.41, 5.74) is 1.99. The van der Waals surface area contributed by atoms with Gasteiger partial charge in [-0.15, -0.1) is 0 Å².